The number of rotatable bonds is 1. The molecule has 3 heteroatoms. The van der Waals surface area contributed by atoms with Gasteiger partial charge in [-0.1, -0.05) is 12.8 Å². The molecule has 1 aromatic rings. The van der Waals surface area contributed by atoms with Crippen LogP contribution in [0.4, 0.5) is 0 Å². The molecule has 0 saturated heterocycles. The smallest absolute Gasteiger partial charge is 0.416 e. The first kappa shape index (κ1) is 6.70. The lowest BCUT2D eigenvalue weighted by Gasteiger charge is -2.01. The Balaban J connectivity index is 2.21. The summed E-state index contributed by atoms with van der Waals surface area (Å²) in [6.07, 6.45) is 6.49. The molecule has 1 aliphatic rings. The fourth-order valence-corrected chi connectivity index (χ4v) is 1.73. The van der Waals surface area contributed by atoms with E-state index in [1.54, 1.807) is 6.26 Å². The maximum absolute atomic E-state index is 10.6. The number of oxazole rings is 1. The van der Waals surface area contributed by atoms with Crippen LogP contribution in [0.25, 0.3) is 0 Å². The summed E-state index contributed by atoms with van der Waals surface area (Å²) in [7, 11) is 0. The topological polar surface area (TPSA) is 46.0 Å². The number of hydrogen-bond acceptors (Lipinski definition) is 2. The molecule has 60 valence electrons. The number of aromatic nitrogens is 1. The molecular weight excluding hydrogens is 142 g/mol. The molecule has 1 N–H and O–H groups in total. The highest BCUT2D eigenvalue weighted by Gasteiger charge is 2.18. The normalized spacial score (nSPS) is 19.3. The van der Waals surface area contributed by atoms with E-state index in [0.717, 1.165) is 5.69 Å². The predicted molar refractivity (Wildman–Crippen MR) is 40.5 cm³/mol. The SMILES string of the molecule is O=c1[nH]c(C2CCCC2)co1. The van der Waals surface area contributed by atoms with Crippen molar-refractivity contribution >= 4 is 0 Å². The fraction of sp³-hybridized carbons (Fsp3) is 0.625. The molecule has 2 rings (SSSR count). The molecule has 11 heavy (non-hydrogen) atoms. The molecule has 0 aromatic carbocycles. The van der Waals surface area contributed by atoms with E-state index in [-0.39, 0.29) is 5.76 Å². The van der Waals surface area contributed by atoms with Crippen LogP contribution in [0.2, 0.25) is 0 Å². The summed E-state index contributed by atoms with van der Waals surface area (Å²) in [6.45, 7) is 0. The Morgan fingerprint density at radius 1 is 1.45 bits per heavy atom. The van der Waals surface area contributed by atoms with E-state index in [1.165, 1.54) is 25.7 Å². The third-order valence-corrected chi connectivity index (χ3v) is 2.33. The first-order chi connectivity index (χ1) is 5.36. The van der Waals surface area contributed by atoms with E-state index in [9.17, 15) is 4.79 Å². The van der Waals surface area contributed by atoms with E-state index in [1.807, 2.05) is 0 Å². The van der Waals surface area contributed by atoms with Crippen molar-refractivity contribution in [1.29, 1.82) is 0 Å². The molecule has 1 fully saturated rings. The number of hydrogen-bond donors (Lipinski definition) is 1. The molecular formula is C8H11NO2. The summed E-state index contributed by atoms with van der Waals surface area (Å²) in [6, 6.07) is 0. The van der Waals surface area contributed by atoms with E-state index in [2.05, 4.69) is 9.40 Å². The molecule has 0 atom stereocenters. The number of H-pyrrole nitrogens is 1. The Morgan fingerprint density at radius 2 is 2.18 bits per heavy atom. The van der Waals surface area contributed by atoms with E-state index < -0.39 is 0 Å². The average Bonchev–Trinajstić information content (AvgIpc) is 2.55. The van der Waals surface area contributed by atoms with Crippen molar-refractivity contribution in [3.8, 4) is 0 Å². The van der Waals surface area contributed by atoms with Gasteiger partial charge in [-0.3, -0.25) is 4.98 Å². The van der Waals surface area contributed by atoms with Crippen molar-refractivity contribution in [3.63, 3.8) is 0 Å². The molecule has 0 radical (unpaired) electrons. The average molecular weight is 153 g/mol. The largest absolute Gasteiger partial charge is 0.416 e. The van der Waals surface area contributed by atoms with Crippen LogP contribution < -0.4 is 5.76 Å². The summed E-state index contributed by atoms with van der Waals surface area (Å²) < 4.78 is 4.67. The quantitative estimate of drug-likeness (QED) is 0.666. The molecule has 1 aliphatic carbocycles. The summed E-state index contributed by atoms with van der Waals surface area (Å²) in [5.74, 6) is 0.216. The van der Waals surface area contributed by atoms with Crippen molar-refractivity contribution in [2.75, 3.05) is 0 Å². The monoisotopic (exact) mass is 153 g/mol. The van der Waals surface area contributed by atoms with Gasteiger partial charge in [-0.25, -0.2) is 4.79 Å². The van der Waals surface area contributed by atoms with Gasteiger partial charge in [0.05, 0.1) is 5.69 Å². The van der Waals surface area contributed by atoms with Crippen LogP contribution >= 0.6 is 0 Å². The van der Waals surface area contributed by atoms with Gasteiger partial charge in [0.2, 0.25) is 0 Å². The fourth-order valence-electron chi connectivity index (χ4n) is 1.73. The highest BCUT2D eigenvalue weighted by molar-refractivity contribution is 5.02. The van der Waals surface area contributed by atoms with Crippen molar-refractivity contribution in [3.05, 3.63) is 22.5 Å². The summed E-state index contributed by atoms with van der Waals surface area (Å²) in [5, 5.41) is 0. The van der Waals surface area contributed by atoms with Gasteiger partial charge in [-0.15, -0.1) is 0 Å². The number of nitrogens with one attached hydrogen (secondary N) is 1. The highest BCUT2D eigenvalue weighted by Crippen LogP contribution is 2.32. The second-order valence-corrected chi connectivity index (χ2v) is 3.08. The molecule has 0 unspecified atom stereocenters. The van der Waals surface area contributed by atoms with Gasteiger partial charge in [0.15, 0.2) is 0 Å². The lowest BCUT2D eigenvalue weighted by molar-refractivity contribution is 0.513. The van der Waals surface area contributed by atoms with E-state index in [4.69, 9.17) is 0 Å². The minimum Gasteiger partial charge on any atom is -0.416 e. The number of aromatic amines is 1. The van der Waals surface area contributed by atoms with Crippen molar-refractivity contribution in [2.45, 2.75) is 31.6 Å². The van der Waals surface area contributed by atoms with Crippen molar-refractivity contribution in [1.82, 2.24) is 4.98 Å². The van der Waals surface area contributed by atoms with Crippen LogP contribution in [0.1, 0.15) is 37.3 Å². The lowest BCUT2D eigenvalue weighted by Crippen LogP contribution is -1.99. The van der Waals surface area contributed by atoms with Crippen LogP contribution in [0.3, 0.4) is 0 Å². The Morgan fingerprint density at radius 3 is 2.73 bits per heavy atom. The van der Waals surface area contributed by atoms with Gasteiger partial charge in [0.1, 0.15) is 6.26 Å². The Kier molecular flexibility index (Phi) is 1.56. The molecule has 1 heterocycles. The second kappa shape index (κ2) is 2.57. The minimum absolute atomic E-state index is 0.327. The summed E-state index contributed by atoms with van der Waals surface area (Å²) in [4.78, 5) is 13.3. The first-order valence-corrected chi connectivity index (χ1v) is 4.04. The minimum atomic E-state index is -0.327. The van der Waals surface area contributed by atoms with Gasteiger partial charge >= 0.3 is 5.76 Å². The van der Waals surface area contributed by atoms with Gasteiger partial charge < -0.3 is 4.42 Å². The molecule has 3 nitrogen and oxygen atoms in total. The van der Waals surface area contributed by atoms with Gasteiger partial charge in [-0.2, -0.15) is 0 Å². The standard InChI is InChI=1S/C8H11NO2/c10-8-9-7(5-11-8)6-3-1-2-4-6/h5-6H,1-4H2,(H,9,10). The Labute approximate surface area is 64.4 Å². The maximum Gasteiger partial charge on any atom is 0.416 e. The molecule has 1 saturated carbocycles. The predicted octanol–water partition coefficient (Wildman–Crippen LogP) is 1.63. The Bertz CT molecular complexity index is 280. The van der Waals surface area contributed by atoms with E-state index >= 15 is 0 Å². The Hall–Kier alpha value is -0.990. The molecule has 0 bridgehead atoms. The summed E-state index contributed by atoms with van der Waals surface area (Å²) in [5.41, 5.74) is 0.979. The van der Waals surface area contributed by atoms with Gasteiger partial charge in [0.25, 0.3) is 0 Å². The third-order valence-electron chi connectivity index (χ3n) is 2.33. The van der Waals surface area contributed by atoms with Crippen molar-refractivity contribution < 1.29 is 4.42 Å². The maximum atomic E-state index is 10.6. The second-order valence-electron chi connectivity index (χ2n) is 3.08. The highest BCUT2D eigenvalue weighted by atomic mass is 16.4. The zero-order chi connectivity index (χ0) is 7.68. The third kappa shape index (κ3) is 1.23. The van der Waals surface area contributed by atoms with E-state index in [0.29, 0.717) is 5.92 Å². The first-order valence-electron chi connectivity index (χ1n) is 4.04. The van der Waals surface area contributed by atoms with Crippen LogP contribution in [0, 0.1) is 0 Å². The molecule has 0 spiro atoms. The molecule has 0 amide bonds. The van der Waals surface area contributed by atoms with Crippen LogP contribution in [0.5, 0.6) is 0 Å². The van der Waals surface area contributed by atoms with Crippen LogP contribution in [-0.2, 0) is 0 Å². The van der Waals surface area contributed by atoms with Crippen LogP contribution in [-0.4, -0.2) is 4.98 Å². The zero-order valence-electron chi connectivity index (χ0n) is 6.30. The van der Waals surface area contributed by atoms with Gasteiger partial charge in [0, 0.05) is 5.92 Å². The summed E-state index contributed by atoms with van der Waals surface area (Å²) >= 11 is 0. The van der Waals surface area contributed by atoms with Crippen molar-refractivity contribution in [2.24, 2.45) is 0 Å². The lowest BCUT2D eigenvalue weighted by atomic mass is 10.1. The molecule has 1 aromatic heterocycles. The van der Waals surface area contributed by atoms with Crippen LogP contribution in [0.15, 0.2) is 15.5 Å². The zero-order valence-corrected chi connectivity index (χ0v) is 6.30. The van der Waals surface area contributed by atoms with Gasteiger partial charge in [-0.05, 0) is 12.8 Å². The molecule has 0 aliphatic heterocycles.